The van der Waals surface area contributed by atoms with E-state index in [2.05, 4.69) is 0 Å². The van der Waals surface area contributed by atoms with Gasteiger partial charge in [-0.3, -0.25) is 4.79 Å². The number of benzene rings is 2. The molecule has 0 aliphatic carbocycles. The number of ether oxygens (including phenoxy) is 3. The van der Waals surface area contributed by atoms with Crippen LogP contribution < -0.4 is 14.4 Å². The summed E-state index contributed by atoms with van der Waals surface area (Å²) >= 11 is 6.09. The maximum absolute atomic E-state index is 13.0. The molecule has 2 aromatic carbocycles. The number of carbonyl (C=O) groups excluding carboxylic acids is 2. The first-order chi connectivity index (χ1) is 12.5. The van der Waals surface area contributed by atoms with Crippen molar-refractivity contribution >= 4 is 29.2 Å². The molecule has 136 valence electrons. The van der Waals surface area contributed by atoms with Crippen molar-refractivity contribution in [1.82, 2.24) is 0 Å². The van der Waals surface area contributed by atoms with Crippen LogP contribution in [-0.4, -0.2) is 37.7 Å². The van der Waals surface area contributed by atoms with Gasteiger partial charge in [0.05, 0.1) is 24.4 Å². The molecule has 0 saturated carbocycles. The normalized spacial score (nSPS) is 16.9. The number of carbonyl (C=O) groups is 2. The Morgan fingerprint density at radius 2 is 1.88 bits per heavy atom. The van der Waals surface area contributed by atoms with Crippen LogP contribution in [0.1, 0.15) is 6.92 Å². The molecule has 0 saturated heterocycles. The SMILES string of the molecule is COC(=O)[C@@H]1CN(C(=O)[C@@H](C)Oc2ccccc2Cl)c2ccccc2O1. The van der Waals surface area contributed by atoms with Gasteiger partial charge in [-0.2, -0.15) is 0 Å². The Labute approximate surface area is 156 Å². The molecule has 0 spiro atoms. The lowest BCUT2D eigenvalue weighted by molar-refractivity contribution is -0.148. The number of hydrogen-bond acceptors (Lipinski definition) is 5. The monoisotopic (exact) mass is 375 g/mol. The highest BCUT2D eigenvalue weighted by molar-refractivity contribution is 6.32. The van der Waals surface area contributed by atoms with Gasteiger partial charge in [-0.15, -0.1) is 0 Å². The van der Waals surface area contributed by atoms with Gasteiger partial charge < -0.3 is 19.1 Å². The molecule has 0 radical (unpaired) electrons. The zero-order valence-electron chi connectivity index (χ0n) is 14.3. The number of nitrogens with zero attached hydrogens (tertiary/aromatic N) is 1. The minimum Gasteiger partial charge on any atom is -0.479 e. The van der Waals surface area contributed by atoms with E-state index in [0.29, 0.717) is 22.2 Å². The van der Waals surface area contributed by atoms with Crippen molar-refractivity contribution in [2.45, 2.75) is 19.1 Å². The fourth-order valence-corrected chi connectivity index (χ4v) is 2.88. The molecule has 1 aliphatic heterocycles. The molecule has 3 rings (SSSR count). The lowest BCUT2D eigenvalue weighted by atomic mass is 10.1. The Kier molecular flexibility index (Phi) is 5.32. The third kappa shape index (κ3) is 3.60. The summed E-state index contributed by atoms with van der Waals surface area (Å²) in [5.41, 5.74) is 0.576. The van der Waals surface area contributed by atoms with Gasteiger partial charge in [0.2, 0.25) is 6.10 Å². The zero-order valence-corrected chi connectivity index (χ0v) is 15.1. The quantitative estimate of drug-likeness (QED) is 0.768. The molecular formula is C19H18ClNO5. The molecule has 0 unspecified atom stereocenters. The first-order valence-electron chi connectivity index (χ1n) is 8.07. The molecule has 2 atom stereocenters. The van der Waals surface area contributed by atoms with Crippen molar-refractivity contribution in [3.05, 3.63) is 53.6 Å². The second-order valence-electron chi connectivity index (χ2n) is 5.74. The minimum atomic E-state index is -0.897. The summed E-state index contributed by atoms with van der Waals surface area (Å²) in [5.74, 6) is 0.0000683. The molecule has 26 heavy (non-hydrogen) atoms. The molecule has 7 heteroatoms. The number of anilines is 1. The van der Waals surface area contributed by atoms with E-state index in [-0.39, 0.29) is 12.5 Å². The summed E-state index contributed by atoms with van der Waals surface area (Å²) in [6.45, 7) is 1.68. The molecule has 1 amide bonds. The Morgan fingerprint density at radius 3 is 2.62 bits per heavy atom. The number of halogens is 1. The average Bonchev–Trinajstić information content (AvgIpc) is 2.67. The van der Waals surface area contributed by atoms with Crippen LogP contribution >= 0.6 is 11.6 Å². The van der Waals surface area contributed by atoms with E-state index in [9.17, 15) is 9.59 Å². The molecule has 1 heterocycles. The summed E-state index contributed by atoms with van der Waals surface area (Å²) in [6.07, 6.45) is -1.70. The second-order valence-corrected chi connectivity index (χ2v) is 6.14. The number of para-hydroxylation sites is 3. The highest BCUT2D eigenvalue weighted by Gasteiger charge is 2.36. The van der Waals surface area contributed by atoms with E-state index in [1.807, 2.05) is 0 Å². The fourth-order valence-electron chi connectivity index (χ4n) is 2.70. The summed E-state index contributed by atoms with van der Waals surface area (Å²) < 4.78 is 16.1. The number of esters is 1. The molecule has 0 fully saturated rings. The Morgan fingerprint density at radius 1 is 1.19 bits per heavy atom. The van der Waals surface area contributed by atoms with Crippen LogP contribution in [0.4, 0.5) is 5.69 Å². The molecule has 0 aromatic heterocycles. The van der Waals surface area contributed by atoms with Crippen molar-refractivity contribution in [2.24, 2.45) is 0 Å². The predicted molar refractivity (Wildman–Crippen MR) is 96.8 cm³/mol. The Hall–Kier alpha value is -2.73. The van der Waals surface area contributed by atoms with E-state index in [1.165, 1.54) is 12.0 Å². The summed E-state index contributed by atoms with van der Waals surface area (Å²) in [7, 11) is 1.28. The highest BCUT2D eigenvalue weighted by atomic mass is 35.5. The van der Waals surface area contributed by atoms with Gasteiger partial charge in [0.25, 0.3) is 5.91 Å². The lowest BCUT2D eigenvalue weighted by Crippen LogP contribution is -2.51. The van der Waals surface area contributed by atoms with Crippen molar-refractivity contribution in [3.63, 3.8) is 0 Å². The molecule has 0 N–H and O–H groups in total. The fraction of sp³-hybridized carbons (Fsp3) is 0.263. The highest BCUT2D eigenvalue weighted by Crippen LogP contribution is 2.34. The number of amides is 1. The molecule has 2 aromatic rings. The van der Waals surface area contributed by atoms with Gasteiger partial charge in [-0.1, -0.05) is 35.9 Å². The van der Waals surface area contributed by atoms with Crippen molar-refractivity contribution in [2.75, 3.05) is 18.6 Å². The maximum atomic E-state index is 13.0. The smallest absolute Gasteiger partial charge is 0.348 e. The van der Waals surface area contributed by atoms with E-state index < -0.39 is 18.2 Å². The first kappa shape index (κ1) is 18.1. The summed E-state index contributed by atoms with van der Waals surface area (Å²) in [5, 5.41) is 0.418. The third-order valence-electron chi connectivity index (χ3n) is 3.99. The van der Waals surface area contributed by atoms with Gasteiger partial charge in [0.15, 0.2) is 6.10 Å². The van der Waals surface area contributed by atoms with Crippen LogP contribution in [0.25, 0.3) is 0 Å². The van der Waals surface area contributed by atoms with Crippen LogP contribution in [0.15, 0.2) is 48.5 Å². The first-order valence-corrected chi connectivity index (χ1v) is 8.45. The number of hydrogen-bond donors (Lipinski definition) is 0. The Balaban J connectivity index is 1.85. The van der Waals surface area contributed by atoms with Gasteiger partial charge in [0, 0.05) is 0 Å². The minimum absolute atomic E-state index is 0.0404. The van der Waals surface area contributed by atoms with Gasteiger partial charge in [-0.05, 0) is 31.2 Å². The van der Waals surface area contributed by atoms with Crippen LogP contribution in [-0.2, 0) is 14.3 Å². The van der Waals surface area contributed by atoms with E-state index in [4.69, 9.17) is 25.8 Å². The van der Waals surface area contributed by atoms with E-state index in [1.54, 1.807) is 55.5 Å². The average molecular weight is 376 g/mol. The molecular weight excluding hydrogens is 358 g/mol. The topological polar surface area (TPSA) is 65.1 Å². The van der Waals surface area contributed by atoms with Crippen LogP contribution in [0, 0.1) is 0 Å². The van der Waals surface area contributed by atoms with Crippen LogP contribution in [0.2, 0.25) is 5.02 Å². The van der Waals surface area contributed by atoms with Crippen LogP contribution in [0.3, 0.4) is 0 Å². The molecule has 1 aliphatic rings. The van der Waals surface area contributed by atoms with Gasteiger partial charge in [0.1, 0.15) is 11.5 Å². The number of rotatable bonds is 4. The third-order valence-corrected chi connectivity index (χ3v) is 4.30. The lowest BCUT2D eigenvalue weighted by Gasteiger charge is -2.34. The van der Waals surface area contributed by atoms with Crippen LogP contribution in [0.5, 0.6) is 11.5 Å². The van der Waals surface area contributed by atoms with Gasteiger partial charge >= 0.3 is 5.97 Å². The van der Waals surface area contributed by atoms with E-state index >= 15 is 0 Å². The molecule has 6 nitrogen and oxygen atoms in total. The van der Waals surface area contributed by atoms with Crippen molar-refractivity contribution in [3.8, 4) is 11.5 Å². The standard InChI is InChI=1S/C19H18ClNO5/c1-12(25-15-9-5-3-7-13(15)20)18(22)21-11-17(19(23)24-2)26-16-10-6-4-8-14(16)21/h3-10,12,17H,11H2,1-2H3/t12-,17+/m1/s1. The Bertz CT molecular complexity index is 825. The largest absolute Gasteiger partial charge is 0.479 e. The zero-order chi connectivity index (χ0) is 18.7. The second kappa shape index (κ2) is 7.66. The van der Waals surface area contributed by atoms with E-state index in [0.717, 1.165) is 0 Å². The molecule has 0 bridgehead atoms. The summed E-state index contributed by atoms with van der Waals surface area (Å²) in [4.78, 5) is 26.4. The predicted octanol–water partition coefficient (Wildman–Crippen LogP) is 3.07. The number of methoxy groups -OCH3 is 1. The van der Waals surface area contributed by atoms with Crippen molar-refractivity contribution < 1.29 is 23.8 Å². The van der Waals surface area contributed by atoms with Gasteiger partial charge in [-0.25, -0.2) is 4.79 Å². The van der Waals surface area contributed by atoms with Crippen molar-refractivity contribution in [1.29, 1.82) is 0 Å². The number of fused-ring (bicyclic) bond motifs is 1. The summed E-state index contributed by atoms with van der Waals surface area (Å²) in [6, 6.07) is 13.9. The maximum Gasteiger partial charge on any atom is 0.348 e.